The van der Waals surface area contributed by atoms with Crippen LogP contribution in [0.4, 0.5) is 4.79 Å². The molecule has 1 aromatic carbocycles. The van der Waals surface area contributed by atoms with Gasteiger partial charge in [-0.05, 0) is 49.4 Å². The van der Waals surface area contributed by atoms with E-state index in [-0.39, 0.29) is 12.1 Å². The third-order valence-electron chi connectivity index (χ3n) is 5.40. The number of carbonyl (C=O) groups is 1. The van der Waals surface area contributed by atoms with E-state index in [1.807, 2.05) is 46.8 Å². The minimum atomic E-state index is -0.0269. The highest BCUT2D eigenvalue weighted by Gasteiger charge is 2.23. The molecule has 1 fully saturated rings. The molecule has 6 nitrogen and oxygen atoms in total. The molecule has 2 aromatic heterocycles. The summed E-state index contributed by atoms with van der Waals surface area (Å²) < 4.78 is 8.00. The second kappa shape index (κ2) is 9.09. The van der Waals surface area contributed by atoms with E-state index in [0.717, 1.165) is 50.3 Å². The summed E-state index contributed by atoms with van der Waals surface area (Å²) >= 11 is 0. The summed E-state index contributed by atoms with van der Waals surface area (Å²) in [5.74, 6) is 0. The number of ether oxygens (including phenoxy) is 1. The van der Waals surface area contributed by atoms with E-state index in [4.69, 9.17) is 4.74 Å². The molecule has 3 aromatic rings. The van der Waals surface area contributed by atoms with Crippen LogP contribution in [-0.2, 0) is 17.7 Å². The minimum Gasteiger partial charge on any atom is -0.378 e. The van der Waals surface area contributed by atoms with Gasteiger partial charge in [-0.3, -0.25) is 0 Å². The summed E-state index contributed by atoms with van der Waals surface area (Å²) in [5.41, 5.74) is 4.24. The number of aryl methyl sites for hydroxylation is 1. The molecule has 0 radical (unpaired) electrons. The number of nitrogens with one attached hydrogen (secondary N) is 1. The Bertz CT molecular complexity index is 946. The lowest BCUT2D eigenvalue weighted by Gasteiger charge is -2.32. The van der Waals surface area contributed by atoms with Crippen LogP contribution < -0.4 is 5.32 Å². The number of likely N-dealkylation sites (tertiary alicyclic amines) is 1. The first kappa shape index (κ1) is 19.5. The van der Waals surface area contributed by atoms with Crippen molar-refractivity contribution in [2.45, 2.75) is 38.8 Å². The predicted molar refractivity (Wildman–Crippen MR) is 113 cm³/mol. The number of piperidine rings is 1. The van der Waals surface area contributed by atoms with Gasteiger partial charge in [0.1, 0.15) is 5.65 Å². The summed E-state index contributed by atoms with van der Waals surface area (Å²) in [6.45, 7) is 4.67. The van der Waals surface area contributed by atoms with Gasteiger partial charge in [0.15, 0.2) is 0 Å². The molecule has 152 valence electrons. The Hall–Kier alpha value is -2.86. The van der Waals surface area contributed by atoms with Crippen LogP contribution in [0, 0.1) is 6.92 Å². The number of hydrogen-bond acceptors (Lipinski definition) is 3. The highest BCUT2D eigenvalue weighted by Crippen LogP contribution is 2.15. The molecular formula is C23H28N4O2. The van der Waals surface area contributed by atoms with E-state index in [2.05, 4.69) is 34.6 Å². The maximum absolute atomic E-state index is 12.5. The van der Waals surface area contributed by atoms with Crippen molar-refractivity contribution >= 4 is 11.7 Å². The van der Waals surface area contributed by atoms with Gasteiger partial charge in [-0.15, -0.1) is 0 Å². The maximum atomic E-state index is 12.5. The van der Waals surface area contributed by atoms with Gasteiger partial charge in [0, 0.05) is 25.5 Å². The first-order valence-electron chi connectivity index (χ1n) is 10.3. The number of benzene rings is 1. The number of carbonyl (C=O) groups excluding carboxylic acids is 1. The Kier molecular flexibility index (Phi) is 6.10. The maximum Gasteiger partial charge on any atom is 0.317 e. The molecule has 4 rings (SSSR count). The average molecular weight is 393 g/mol. The SMILES string of the molecule is Cc1ccn2cc(CNC(=O)N3CCC(OCCc4ccccc4)CC3)nc2c1. The molecule has 0 atom stereocenters. The van der Waals surface area contributed by atoms with Gasteiger partial charge in [0.2, 0.25) is 0 Å². The molecule has 0 bridgehead atoms. The van der Waals surface area contributed by atoms with Crippen LogP contribution in [0.1, 0.15) is 29.7 Å². The van der Waals surface area contributed by atoms with E-state index in [1.165, 1.54) is 11.1 Å². The standard InChI is InChI=1S/C23H28N4O2/c1-18-7-11-27-17-20(25-22(27)15-18)16-24-23(28)26-12-8-21(9-13-26)29-14-10-19-5-3-2-4-6-19/h2-7,11,15,17,21H,8-10,12-14,16H2,1H3,(H,24,28). The van der Waals surface area contributed by atoms with Crippen molar-refractivity contribution in [2.24, 2.45) is 0 Å². The topological polar surface area (TPSA) is 58.9 Å². The Morgan fingerprint density at radius 1 is 1.21 bits per heavy atom. The van der Waals surface area contributed by atoms with E-state index < -0.39 is 0 Å². The molecule has 3 heterocycles. The van der Waals surface area contributed by atoms with Crippen molar-refractivity contribution in [1.29, 1.82) is 0 Å². The summed E-state index contributed by atoms with van der Waals surface area (Å²) in [4.78, 5) is 18.9. The van der Waals surface area contributed by atoms with Crippen LogP contribution >= 0.6 is 0 Å². The molecule has 29 heavy (non-hydrogen) atoms. The van der Waals surface area contributed by atoms with Gasteiger partial charge in [-0.2, -0.15) is 0 Å². The monoisotopic (exact) mass is 392 g/mol. The summed E-state index contributed by atoms with van der Waals surface area (Å²) in [6.07, 6.45) is 6.89. The third kappa shape index (κ3) is 5.15. The Morgan fingerprint density at radius 2 is 2.00 bits per heavy atom. The van der Waals surface area contributed by atoms with Crippen molar-refractivity contribution in [3.05, 3.63) is 71.7 Å². The first-order valence-corrected chi connectivity index (χ1v) is 10.3. The third-order valence-corrected chi connectivity index (χ3v) is 5.40. The van der Waals surface area contributed by atoms with Crippen molar-refractivity contribution in [3.63, 3.8) is 0 Å². The molecule has 1 aliphatic heterocycles. The van der Waals surface area contributed by atoms with E-state index in [1.54, 1.807) is 0 Å². The number of imidazole rings is 1. The zero-order valence-corrected chi connectivity index (χ0v) is 16.9. The van der Waals surface area contributed by atoms with Gasteiger partial charge in [0.25, 0.3) is 0 Å². The number of hydrogen-bond donors (Lipinski definition) is 1. The molecule has 1 aliphatic rings. The summed E-state index contributed by atoms with van der Waals surface area (Å²) in [5, 5.41) is 2.99. The molecule has 1 saturated heterocycles. The highest BCUT2D eigenvalue weighted by molar-refractivity contribution is 5.74. The number of fused-ring (bicyclic) bond motifs is 1. The second-order valence-corrected chi connectivity index (χ2v) is 7.65. The summed E-state index contributed by atoms with van der Waals surface area (Å²) in [6, 6.07) is 14.4. The molecule has 2 amide bonds. The van der Waals surface area contributed by atoms with Crippen LogP contribution in [0.3, 0.4) is 0 Å². The lowest BCUT2D eigenvalue weighted by molar-refractivity contribution is 0.0164. The lowest BCUT2D eigenvalue weighted by Crippen LogP contribution is -2.45. The van der Waals surface area contributed by atoms with E-state index in [0.29, 0.717) is 6.54 Å². The number of amides is 2. The number of pyridine rings is 1. The predicted octanol–water partition coefficient (Wildman–Crippen LogP) is 3.58. The normalized spacial score (nSPS) is 15.0. The fourth-order valence-corrected chi connectivity index (χ4v) is 3.71. The van der Waals surface area contributed by atoms with E-state index >= 15 is 0 Å². The fourth-order valence-electron chi connectivity index (χ4n) is 3.71. The van der Waals surface area contributed by atoms with Gasteiger partial charge < -0.3 is 19.4 Å². The average Bonchev–Trinajstić information content (AvgIpc) is 3.15. The van der Waals surface area contributed by atoms with Crippen LogP contribution in [0.5, 0.6) is 0 Å². The van der Waals surface area contributed by atoms with Gasteiger partial charge in [-0.25, -0.2) is 9.78 Å². The molecule has 0 spiro atoms. The van der Waals surface area contributed by atoms with Crippen LogP contribution in [0.15, 0.2) is 54.9 Å². The zero-order chi connectivity index (χ0) is 20.1. The number of aromatic nitrogens is 2. The lowest BCUT2D eigenvalue weighted by atomic mass is 10.1. The molecule has 0 aliphatic carbocycles. The number of urea groups is 1. The molecule has 1 N–H and O–H groups in total. The molecule has 0 unspecified atom stereocenters. The molecular weight excluding hydrogens is 364 g/mol. The smallest absolute Gasteiger partial charge is 0.317 e. The van der Waals surface area contributed by atoms with Crippen LogP contribution in [-0.4, -0.2) is 46.1 Å². The van der Waals surface area contributed by atoms with Crippen molar-refractivity contribution in [3.8, 4) is 0 Å². The number of nitrogens with zero attached hydrogens (tertiary/aromatic N) is 3. The Labute approximate surface area is 171 Å². The quantitative estimate of drug-likeness (QED) is 0.698. The largest absolute Gasteiger partial charge is 0.378 e. The molecule has 0 saturated carbocycles. The highest BCUT2D eigenvalue weighted by atomic mass is 16.5. The fraction of sp³-hybridized carbons (Fsp3) is 0.391. The van der Waals surface area contributed by atoms with Gasteiger partial charge in [-0.1, -0.05) is 30.3 Å². The molecule has 6 heteroatoms. The summed E-state index contributed by atoms with van der Waals surface area (Å²) in [7, 11) is 0. The van der Waals surface area contributed by atoms with Crippen LogP contribution in [0.2, 0.25) is 0 Å². The minimum absolute atomic E-state index is 0.0269. The van der Waals surface area contributed by atoms with Gasteiger partial charge >= 0.3 is 6.03 Å². The van der Waals surface area contributed by atoms with Crippen molar-refractivity contribution in [2.75, 3.05) is 19.7 Å². The first-order chi connectivity index (χ1) is 14.2. The van der Waals surface area contributed by atoms with Crippen LogP contribution in [0.25, 0.3) is 5.65 Å². The zero-order valence-electron chi connectivity index (χ0n) is 16.9. The van der Waals surface area contributed by atoms with Crippen molar-refractivity contribution < 1.29 is 9.53 Å². The second-order valence-electron chi connectivity index (χ2n) is 7.65. The van der Waals surface area contributed by atoms with E-state index in [9.17, 15) is 4.79 Å². The Balaban J connectivity index is 1.18. The Morgan fingerprint density at radius 3 is 2.79 bits per heavy atom. The number of rotatable bonds is 6. The van der Waals surface area contributed by atoms with Gasteiger partial charge in [0.05, 0.1) is 24.9 Å². The van der Waals surface area contributed by atoms with Crippen molar-refractivity contribution in [1.82, 2.24) is 19.6 Å².